The van der Waals surface area contributed by atoms with E-state index in [1.807, 2.05) is 4.90 Å². The lowest BCUT2D eigenvalue weighted by Gasteiger charge is -2.32. The maximum Gasteiger partial charge on any atom is 0.321 e. The molecule has 0 aromatic carbocycles. The van der Waals surface area contributed by atoms with Gasteiger partial charge in [-0.3, -0.25) is 19.8 Å². The van der Waals surface area contributed by atoms with Gasteiger partial charge in [-0.25, -0.2) is 4.79 Å². The minimum Gasteiger partial charge on any atom is -0.383 e. The Kier molecular flexibility index (Phi) is 11.4. The van der Waals surface area contributed by atoms with E-state index in [-0.39, 0.29) is 42.8 Å². The first-order chi connectivity index (χ1) is 13.0. The summed E-state index contributed by atoms with van der Waals surface area (Å²) in [4.78, 5) is 38.0. The third-order valence-electron chi connectivity index (χ3n) is 4.96. The summed E-state index contributed by atoms with van der Waals surface area (Å²) in [5.41, 5.74) is 0. The molecule has 0 aromatic rings. The molecule has 162 valence electrons. The number of rotatable bonds is 8. The molecule has 0 bridgehead atoms. The van der Waals surface area contributed by atoms with Gasteiger partial charge in [0.1, 0.15) is 0 Å². The highest BCUT2D eigenvalue weighted by Gasteiger charge is 2.25. The molecule has 2 rings (SSSR count). The summed E-state index contributed by atoms with van der Waals surface area (Å²) in [7, 11) is 1.56. The second-order valence-electron chi connectivity index (χ2n) is 7.52. The first-order valence-corrected chi connectivity index (χ1v) is 9.80. The lowest BCUT2D eigenvalue weighted by molar-refractivity contribution is -0.124. The van der Waals surface area contributed by atoms with E-state index in [2.05, 4.69) is 21.3 Å². The number of amides is 4. The number of nitrogens with zero attached hydrogens (tertiary/aromatic N) is 1. The van der Waals surface area contributed by atoms with Crippen molar-refractivity contribution in [3.8, 4) is 0 Å². The Labute approximate surface area is 173 Å². The van der Waals surface area contributed by atoms with Gasteiger partial charge in [0.25, 0.3) is 0 Å². The summed E-state index contributed by atoms with van der Waals surface area (Å²) >= 11 is 0. The lowest BCUT2D eigenvalue weighted by Crippen LogP contribution is -2.50. The first kappa shape index (κ1) is 24.6. The molecule has 2 heterocycles. The van der Waals surface area contributed by atoms with Gasteiger partial charge in [-0.15, -0.1) is 12.4 Å². The van der Waals surface area contributed by atoms with Crippen LogP contribution in [0.25, 0.3) is 0 Å². The van der Waals surface area contributed by atoms with Gasteiger partial charge in [0, 0.05) is 20.2 Å². The molecule has 3 atom stereocenters. The van der Waals surface area contributed by atoms with Crippen LogP contribution in [0, 0.1) is 5.92 Å². The van der Waals surface area contributed by atoms with Crippen molar-refractivity contribution in [2.45, 2.75) is 44.7 Å². The SMILES string of the molecule is COCC(C)NC(=O)NC(=O)CN1CCCC(CNC(=O)C2CCCN2)C1.Cl. The summed E-state index contributed by atoms with van der Waals surface area (Å²) in [5.74, 6) is 0.0774. The standard InChI is InChI=1S/C18H33N5O4.ClH/c1-13(12-27-2)21-18(26)22-16(24)11-23-8-4-5-14(10-23)9-20-17(25)15-6-3-7-19-15;/h13-15,19H,3-12H2,1-2H3,(H,20,25)(H2,21,22,24,26);1H. The Bertz CT molecular complexity index is 516. The highest BCUT2D eigenvalue weighted by atomic mass is 35.5. The van der Waals surface area contributed by atoms with Crippen LogP contribution in [0.4, 0.5) is 4.79 Å². The average Bonchev–Trinajstić information content (AvgIpc) is 3.14. The second kappa shape index (κ2) is 12.9. The fraction of sp³-hybridized carbons (Fsp3) is 0.833. The molecule has 0 aromatic heterocycles. The summed E-state index contributed by atoms with van der Waals surface area (Å²) in [6.07, 6.45) is 3.95. The van der Waals surface area contributed by atoms with E-state index in [1.54, 1.807) is 14.0 Å². The monoisotopic (exact) mass is 419 g/mol. The van der Waals surface area contributed by atoms with Gasteiger partial charge in [0.15, 0.2) is 0 Å². The van der Waals surface area contributed by atoms with E-state index in [0.29, 0.717) is 19.1 Å². The van der Waals surface area contributed by atoms with Crippen molar-refractivity contribution in [2.75, 3.05) is 46.4 Å². The smallest absolute Gasteiger partial charge is 0.321 e. The molecule has 28 heavy (non-hydrogen) atoms. The number of hydrogen-bond acceptors (Lipinski definition) is 6. The molecule has 3 unspecified atom stereocenters. The van der Waals surface area contributed by atoms with Crippen LogP contribution in [0.1, 0.15) is 32.6 Å². The molecule has 4 N–H and O–H groups in total. The zero-order valence-corrected chi connectivity index (χ0v) is 17.6. The van der Waals surface area contributed by atoms with E-state index in [0.717, 1.165) is 45.3 Å². The van der Waals surface area contributed by atoms with Crippen molar-refractivity contribution < 1.29 is 19.1 Å². The number of halogens is 1. The van der Waals surface area contributed by atoms with Gasteiger partial charge in [0.2, 0.25) is 11.8 Å². The molecular formula is C18H34ClN5O4. The van der Waals surface area contributed by atoms with Crippen molar-refractivity contribution in [1.82, 2.24) is 26.2 Å². The van der Waals surface area contributed by atoms with Crippen molar-refractivity contribution in [3.05, 3.63) is 0 Å². The number of carbonyl (C=O) groups is 3. The Hall–Kier alpha value is -1.42. The lowest BCUT2D eigenvalue weighted by atomic mass is 9.98. The number of carbonyl (C=O) groups excluding carboxylic acids is 3. The largest absolute Gasteiger partial charge is 0.383 e. The second-order valence-corrected chi connectivity index (χ2v) is 7.52. The summed E-state index contributed by atoms with van der Waals surface area (Å²) in [5, 5.41) is 11.2. The quantitative estimate of drug-likeness (QED) is 0.435. The Morgan fingerprint density at radius 1 is 1.25 bits per heavy atom. The topological polar surface area (TPSA) is 112 Å². The molecule has 2 aliphatic heterocycles. The molecule has 2 saturated heterocycles. The van der Waals surface area contributed by atoms with Gasteiger partial charge < -0.3 is 20.7 Å². The molecule has 0 saturated carbocycles. The van der Waals surface area contributed by atoms with Crippen molar-refractivity contribution >= 4 is 30.3 Å². The molecule has 9 nitrogen and oxygen atoms in total. The van der Waals surface area contributed by atoms with Crippen LogP contribution in [-0.2, 0) is 14.3 Å². The first-order valence-electron chi connectivity index (χ1n) is 9.80. The number of nitrogens with one attached hydrogen (secondary N) is 4. The van der Waals surface area contributed by atoms with Crippen LogP contribution in [0.3, 0.4) is 0 Å². The van der Waals surface area contributed by atoms with Crippen molar-refractivity contribution in [2.24, 2.45) is 5.92 Å². The van der Waals surface area contributed by atoms with Gasteiger partial charge in [-0.1, -0.05) is 0 Å². The van der Waals surface area contributed by atoms with Crippen LogP contribution in [-0.4, -0.2) is 81.3 Å². The van der Waals surface area contributed by atoms with Crippen LogP contribution in [0.2, 0.25) is 0 Å². The number of methoxy groups -OCH3 is 1. The van der Waals surface area contributed by atoms with Crippen LogP contribution < -0.4 is 21.3 Å². The fourth-order valence-corrected chi connectivity index (χ4v) is 3.66. The zero-order chi connectivity index (χ0) is 19.6. The number of imide groups is 1. The Morgan fingerprint density at radius 2 is 2.04 bits per heavy atom. The third-order valence-corrected chi connectivity index (χ3v) is 4.96. The molecule has 0 radical (unpaired) electrons. The van der Waals surface area contributed by atoms with E-state index in [4.69, 9.17) is 4.74 Å². The normalized spacial score (nSPS) is 23.4. The van der Waals surface area contributed by atoms with E-state index in [1.165, 1.54) is 0 Å². The Morgan fingerprint density at radius 3 is 2.71 bits per heavy atom. The summed E-state index contributed by atoms with van der Waals surface area (Å²) in [6, 6.07) is -0.732. The van der Waals surface area contributed by atoms with E-state index in [9.17, 15) is 14.4 Å². The van der Waals surface area contributed by atoms with Gasteiger partial charge in [-0.2, -0.15) is 0 Å². The van der Waals surface area contributed by atoms with Gasteiger partial charge in [0.05, 0.1) is 25.2 Å². The predicted molar refractivity (Wildman–Crippen MR) is 108 cm³/mol. The van der Waals surface area contributed by atoms with Crippen LogP contribution in [0.15, 0.2) is 0 Å². The highest BCUT2D eigenvalue weighted by molar-refractivity contribution is 5.95. The minimum atomic E-state index is -0.505. The number of urea groups is 1. The van der Waals surface area contributed by atoms with Crippen LogP contribution in [0.5, 0.6) is 0 Å². The third kappa shape index (κ3) is 8.72. The fourth-order valence-electron chi connectivity index (χ4n) is 3.66. The van der Waals surface area contributed by atoms with Crippen molar-refractivity contribution in [1.29, 1.82) is 0 Å². The van der Waals surface area contributed by atoms with Gasteiger partial charge in [-0.05, 0) is 51.6 Å². The predicted octanol–water partition coefficient (Wildman–Crippen LogP) is -0.151. The van der Waals surface area contributed by atoms with E-state index >= 15 is 0 Å². The maximum absolute atomic E-state index is 12.1. The molecule has 10 heteroatoms. The van der Waals surface area contributed by atoms with E-state index < -0.39 is 6.03 Å². The van der Waals surface area contributed by atoms with Crippen molar-refractivity contribution in [3.63, 3.8) is 0 Å². The average molecular weight is 420 g/mol. The number of likely N-dealkylation sites (tertiary alicyclic amines) is 1. The molecular weight excluding hydrogens is 386 g/mol. The molecule has 2 fully saturated rings. The minimum absolute atomic E-state index is 0. The maximum atomic E-state index is 12.1. The van der Waals surface area contributed by atoms with Gasteiger partial charge >= 0.3 is 6.03 Å². The molecule has 0 aliphatic carbocycles. The molecule has 0 spiro atoms. The number of hydrogen-bond donors (Lipinski definition) is 4. The summed E-state index contributed by atoms with van der Waals surface area (Å²) in [6.45, 7) is 5.47. The molecule has 2 aliphatic rings. The number of ether oxygens (including phenoxy) is 1. The number of piperidine rings is 1. The highest BCUT2D eigenvalue weighted by Crippen LogP contribution is 2.15. The zero-order valence-electron chi connectivity index (χ0n) is 16.8. The molecule has 4 amide bonds. The van der Waals surface area contributed by atoms with Crippen LogP contribution >= 0.6 is 12.4 Å². The summed E-state index contributed by atoms with van der Waals surface area (Å²) < 4.78 is 4.95. The Balaban J connectivity index is 0.00000392.